The van der Waals surface area contributed by atoms with Crippen LogP contribution in [0.2, 0.25) is 0 Å². The second-order valence-electron chi connectivity index (χ2n) is 4.52. The summed E-state index contributed by atoms with van der Waals surface area (Å²) >= 11 is -2.13. The molecule has 0 bridgehead atoms. The lowest BCUT2D eigenvalue weighted by atomic mass is 10.2. The van der Waals surface area contributed by atoms with Crippen LogP contribution in [-0.2, 0) is 15.5 Å². The van der Waals surface area contributed by atoms with Gasteiger partial charge in [0.25, 0.3) is 0 Å². The van der Waals surface area contributed by atoms with Gasteiger partial charge in [-0.15, -0.1) is 0 Å². The Bertz CT molecular complexity index is 274. The summed E-state index contributed by atoms with van der Waals surface area (Å²) in [5, 5.41) is 0. The van der Waals surface area contributed by atoms with Crippen LogP contribution in [0.15, 0.2) is 12.4 Å². The van der Waals surface area contributed by atoms with Crippen LogP contribution in [0.4, 0.5) is 0 Å². The lowest BCUT2D eigenvalue weighted by Crippen LogP contribution is -2.27. The van der Waals surface area contributed by atoms with E-state index < -0.39 is 11.4 Å². The number of unbranched alkanes of at least 4 members (excludes halogenated alkanes) is 3. The molecule has 5 nitrogen and oxygen atoms in total. The zero-order valence-electron chi connectivity index (χ0n) is 11.1. The Morgan fingerprint density at radius 2 is 1.83 bits per heavy atom. The molecule has 1 aliphatic heterocycles. The molecule has 0 radical (unpaired) electrons. The second kappa shape index (κ2) is 9.35. The molecule has 0 fully saturated rings. The molecule has 0 aliphatic carbocycles. The predicted octanol–water partition coefficient (Wildman–Crippen LogP) is 2.16. The van der Waals surface area contributed by atoms with E-state index >= 15 is 0 Å². The minimum atomic E-state index is -2.13. The third kappa shape index (κ3) is 6.98. The molecule has 1 rings (SSSR count). The van der Waals surface area contributed by atoms with Crippen molar-refractivity contribution in [2.45, 2.75) is 39.0 Å². The van der Waals surface area contributed by atoms with Gasteiger partial charge in [0.05, 0.1) is 13.3 Å². The van der Waals surface area contributed by atoms with Crippen LogP contribution >= 0.6 is 0 Å². The van der Waals surface area contributed by atoms with Crippen molar-refractivity contribution >= 4 is 11.4 Å². The normalized spacial score (nSPS) is 16.6. The maximum absolute atomic E-state index is 10.3. The van der Waals surface area contributed by atoms with Gasteiger partial charge in [0.1, 0.15) is 0 Å². The molecule has 1 heterocycles. The summed E-state index contributed by atoms with van der Waals surface area (Å²) in [6, 6.07) is 0. The van der Waals surface area contributed by atoms with Crippen molar-refractivity contribution in [2.24, 2.45) is 0 Å². The summed E-state index contributed by atoms with van der Waals surface area (Å²) in [5.74, 6) is 0. The van der Waals surface area contributed by atoms with Gasteiger partial charge in [0, 0.05) is 25.5 Å². The van der Waals surface area contributed by atoms with Crippen LogP contribution in [0.5, 0.6) is 0 Å². The smallest absolute Gasteiger partial charge is 0.301 e. The molecule has 0 saturated heterocycles. The van der Waals surface area contributed by atoms with Crippen LogP contribution < -0.4 is 0 Å². The van der Waals surface area contributed by atoms with Gasteiger partial charge in [-0.2, -0.15) is 4.21 Å². The van der Waals surface area contributed by atoms with Crippen LogP contribution in [0, 0.1) is 0 Å². The minimum Gasteiger partial charge on any atom is -0.359 e. The average Bonchev–Trinajstić information content (AvgIpc) is 2.78. The van der Waals surface area contributed by atoms with Gasteiger partial charge < -0.3 is 9.80 Å². The van der Waals surface area contributed by atoms with E-state index in [-0.39, 0.29) is 0 Å². The summed E-state index contributed by atoms with van der Waals surface area (Å²) in [6.07, 6.45) is 10.1. The molecule has 0 amide bonds. The second-order valence-corrected chi connectivity index (χ2v) is 5.19. The fraction of sp³-hybridized carbons (Fsp3) is 0.833. The quantitative estimate of drug-likeness (QED) is 0.489. The largest absolute Gasteiger partial charge is 0.359 e. The first-order valence-electron chi connectivity index (χ1n) is 6.63. The Hall–Kier alpha value is -0.590. The molecule has 106 valence electrons. The summed E-state index contributed by atoms with van der Waals surface area (Å²) in [5.41, 5.74) is 0. The van der Waals surface area contributed by atoms with Crippen LogP contribution in [0.25, 0.3) is 0 Å². The topological polar surface area (TPSA) is 53.0 Å². The van der Waals surface area contributed by atoms with Crippen LogP contribution in [0.1, 0.15) is 39.0 Å². The zero-order valence-corrected chi connectivity index (χ0v) is 11.9. The van der Waals surface area contributed by atoms with Crippen molar-refractivity contribution < 1.29 is 12.9 Å². The molecule has 1 unspecified atom stereocenters. The first-order valence-corrected chi connectivity index (χ1v) is 7.66. The van der Waals surface area contributed by atoms with Gasteiger partial charge in [0.2, 0.25) is 0 Å². The number of rotatable bonds is 10. The van der Waals surface area contributed by atoms with E-state index in [1.165, 1.54) is 25.7 Å². The standard InChI is InChI=1S/C12H24N2O3S/c1-2-3-4-5-7-13-9-10-14(12-13)8-6-11-17-18(15)16/h9-10H,2-8,11-12H2,1H3,(H,15,16). The Morgan fingerprint density at radius 3 is 2.44 bits per heavy atom. The van der Waals surface area contributed by atoms with E-state index in [0.29, 0.717) is 6.61 Å². The van der Waals surface area contributed by atoms with Crippen LogP contribution in [-0.4, -0.2) is 44.9 Å². The summed E-state index contributed by atoms with van der Waals surface area (Å²) in [4.78, 5) is 4.50. The van der Waals surface area contributed by atoms with E-state index in [2.05, 4.69) is 33.3 Å². The van der Waals surface area contributed by atoms with Gasteiger partial charge in [-0.25, -0.2) is 0 Å². The van der Waals surface area contributed by atoms with Crippen molar-refractivity contribution in [3.8, 4) is 0 Å². The van der Waals surface area contributed by atoms with Crippen molar-refractivity contribution in [2.75, 3.05) is 26.4 Å². The van der Waals surface area contributed by atoms with Gasteiger partial charge in [0.15, 0.2) is 0 Å². The highest BCUT2D eigenvalue weighted by Gasteiger charge is 2.11. The number of hydrogen-bond donors (Lipinski definition) is 1. The number of nitrogens with zero attached hydrogens (tertiary/aromatic N) is 2. The third-order valence-corrected chi connectivity index (χ3v) is 3.29. The van der Waals surface area contributed by atoms with Crippen LogP contribution in [0.3, 0.4) is 0 Å². The minimum absolute atomic E-state index is 0.323. The van der Waals surface area contributed by atoms with Crippen molar-refractivity contribution in [3.63, 3.8) is 0 Å². The Kier molecular flexibility index (Phi) is 8.04. The molecule has 0 spiro atoms. The van der Waals surface area contributed by atoms with Gasteiger partial charge in [-0.05, 0) is 12.8 Å². The lowest BCUT2D eigenvalue weighted by Gasteiger charge is -2.21. The molecular weight excluding hydrogens is 252 g/mol. The molecule has 18 heavy (non-hydrogen) atoms. The molecule has 0 saturated carbocycles. The van der Waals surface area contributed by atoms with Gasteiger partial charge in [-0.1, -0.05) is 26.2 Å². The summed E-state index contributed by atoms with van der Waals surface area (Å²) in [6.45, 7) is 5.45. The highest BCUT2D eigenvalue weighted by Crippen LogP contribution is 2.09. The summed E-state index contributed by atoms with van der Waals surface area (Å²) in [7, 11) is 0. The van der Waals surface area contributed by atoms with Crippen molar-refractivity contribution in [1.82, 2.24) is 9.80 Å². The predicted molar refractivity (Wildman–Crippen MR) is 72.9 cm³/mol. The Balaban J connectivity index is 2.00. The third-order valence-electron chi connectivity index (χ3n) is 2.92. The maximum Gasteiger partial charge on any atom is 0.301 e. The monoisotopic (exact) mass is 276 g/mol. The average molecular weight is 276 g/mol. The van der Waals surface area contributed by atoms with Crippen molar-refractivity contribution in [1.29, 1.82) is 0 Å². The molecule has 6 heteroatoms. The highest BCUT2D eigenvalue weighted by atomic mass is 32.2. The van der Waals surface area contributed by atoms with Crippen molar-refractivity contribution in [3.05, 3.63) is 12.4 Å². The fourth-order valence-corrected chi connectivity index (χ4v) is 2.21. The van der Waals surface area contributed by atoms with E-state index in [4.69, 9.17) is 4.55 Å². The van der Waals surface area contributed by atoms with E-state index in [1.54, 1.807) is 0 Å². The van der Waals surface area contributed by atoms with Gasteiger partial charge in [-0.3, -0.25) is 8.74 Å². The molecule has 1 atom stereocenters. The molecule has 0 aromatic rings. The fourth-order valence-electron chi connectivity index (χ4n) is 1.95. The molecule has 0 aromatic carbocycles. The zero-order chi connectivity index (χ0) is 13.2. The number of hydrogen-bond acceptors (Lipinski definition) is 4. The molecular formula is C12H24N2O3S. The Morgan fingerprint density at radius 1 is 1.17 bits per heavy atom. The Labute approximate surface area is 112 Å². The SMILES string of the molecule is CCCCCCN1C=CN(CCCOS(=O)O)C1. The molecule has 1 aliphatic rings. The highest BCUT2D eigenvalue weighted by molar-refractivity contribution is 7.74. The van der Waals surface area contributed by atoms with E-state index in [1.807, 2.05) is 0 Å². The molecule has 1 N–H and O–H groups in total. The lowest BCUT2D eigenvalue weighted by molar-refractivity contribution is 0.235. The first-order chi connectivity index (χ1) is 8.72. The summed E-state index contributed by atoms with van der Waals surface area (Å²) < 4.78 is 23.3. The maximum atomic E-state index is 10.3. The van der Waals surface area contributed by atoms with Gasteiger partial charge >= 0.3 is 11.4 Å². The van der Waals surface area contributed by atoms with E-state index in [9.17, 15) is 4.21 Å². The first kappa shape index (κ1) is 15.5. The molecule has 0 aromatic heterocycles. The van der Waals surface area contributed by atoms with E-state index in [0.717, 1.165) is 26.2 Å².